The highest BCUT2D eigenvalue weighted by molar-refractivity contribution is 7.89. The first-order valence-corrected chi connectivity index (χ1v) is 12.3. The van der Waals surface area contributed by atoms with Crippen LogP contribution in [0.3, 0.4) is 0 Å². The summed E-state index contributed by atoms with van der Waals surface area (Å²) in [5, 5.41) is 2.74. The first-order chi connectivity index (χ1) is 15.2. The minimum atomic E-state index is -3.42. The van der Waals surface area contributed by atoms with E-state index in [0.29, 0.717) is 31.1 Å². The standard InChI is InChI=1S/C24H32N2O5S/c1-24(2,3)19-6-8-21(9-7-19)31-18-23(27)25-14-17-30-20-10-12-22(13-11-20)32(28,29)26-15-4-5-16-26/h6-13H,4-5,14-18H2,1-3H3,(H,25,27). The van der Waals surface area contributed by atoms with Crippen LogP contribution in [0.5, 0.6) is 11.5 Å². The van der Waals surface area contributed by atoms with Gasteiger partial charge in [-0.25, -0.2) is 8.42 Å². The highest BCUT2D eigenvalue weighted by Crippen LogP contribution is 2.24. The van der Waals surface area contributed by atoms with Crippen molar-refractivity contribution in [3.63, 3.8) is 0 Å². The van der Waals surface area contributed by atoms with Crippen LogP contribution in [0.2, 0.25) is 0 Å². The van der Waals surface area contributed by atoms with E-state index < -0.39 is 10.0 Å². The average Bonchev–Trinajstić information content (AvgIpc) is 3.31. The number of benzene rings is 2. The highest BCUT2D eigenvalue weighted by atomic mass is 32.2. The van der Waals surface area contributed by atoms with Gasteiger partial charge in [-0.3, -0.25) is 4.79 Å². The predicted molar refractivity (Wildman–Crippen MR) is 124 cm³/mol. The Bertz CT molecular complexity index is 990. The van der Waals surface area contributed by atoms with Crippen molar-refractivity contribution in [1.82, 2.24) is 9.62 Å². The van der Waals surface area contributed by atoms with E-state index in [1.165, 1.54) is 9.87 Å². The molecule has 32 heavy (non-hydrogen) atoms. The van der Waals surface area contributed by atoms with Crippen LogP contribution in [0.25, 0.3) is 0 Å². The number of hydrogen-bond donors (Lipinski definition) is 1. The van der Waals surface area contributed by atoms with Gasteiger partial charge in [0, 0.05) is 13.1 Å². The van der Waals surface area contributed by atoms with Gasteiger partial charge in [-0.15, -0.1) is 0 Å². The molecular formula is C24H32N2O5S. The van der Waals surface area contributed by atoms with E-state index in [0.717, 1.165) is 12.8 Å². The monoisotopic (exact) mass is 460 g/mol. The quantitative estimate of drug-likeness (QED) is 0.580. The molecule has 7 nitrogen and oxygen atoms in total. The molecule has 0 radical (unpaired) electrons. The lowest BCUT2D eigenvalue weighted by atomic mass is 9.87. The summed E-state index contributed by atoms with van der Waals surface area (Å²) in [5.74, 6) is 0.962. The number of sulfonamides is 1. The SMILES string of the molecule is CC(C)(C)c1ccc(OCC(=O)NCCOc2ccc(S(=O)(=O)N3CCCC3)cc2)cc1. The van der Waals surface area contributed by atoms with E-state index in [1.54, 1.807) is 24.3 Å². The predicted octanol–water partition coefficient (Wildman–Crippen LogP) is 3.34. The molecule has 0 spiro atoms. The number of hydrogen-bond acceptors (Lipinski definition) is 5. The van der Waals surface area contributed by atoms with Crippen molar-refractivity contribution in [1.29, 1.82) is 0 Å². The molecular weight excluding hydrogens is 428 g/mol. The number of ether oxygens (including phenoxy) is 2. The Balaban J connectivity index is 1.37. The van der Waals surface area contributed by atoms with E-state index in [9.17, 15) is 13.2 Å². The molecule has 1 saturated heterocycles. The summed E-state index contributed by atoms with van der Waals surface area (Å²) in [6.07, 6.45) is 1.81. The van der Waals surface area contributed by atoms with Crippen molar-refractivity contribution < 1.29 is 22.7 Å². The number of carbonyl (C=O) groups excluding carboxylic acids is 1. The van der Waals surface area contributed by atoms with Gasteiger partial charge in [0.1, 0.15) is 18.1 Å². The minimum Gasteiger partial charge on any atom is -0.492 e. The first-order valence-electron chi connectivity index (χ1n) is 10.9. The lowest BCUT2D eigenvalue weighted by Gasteiger charge is -2.19. The van der Waals surface area contributed by atoms with Gasteiger partial charge in [-0.05, 0) is 60.2 Å². The number of nitrogens with one attached hydrogen (secondary N) is 1. The molecule has 3 rings (SSSR count). The van der Waals surface area contributed by atoms with Gasteiger partial charge in [-0.1, -0.05) is 32.9 Å². The highest BCUT2D eigenvalue weighted by Gasteiger charge is 2.26. The molecule has 1 N–H and O–H groups in total. The maximum absolute atomic E-state index is 12.5. The topological polar surface area (TPSA) is 84.9 Å². The summed E-state index contributed by atoms with van der Waals surface area (Å²) >= 11 is 0. The van der Waals surface area contributed by atoms with E-state index in [4.69, 9.17) is 9.47 Å². The summed E-state index contributed by atoms with van der Waals surface area (Å²) in [6, 6.07) is 14.1. The fraction of sp³-hybridized carbons (Fsp3) is 0.458. The molecule has 0 aliphatic carbocycles. The zero-order valence-corrected chi connectivity index (χ0v) is 19.8. The molecule has 1 aliphatic heterocycles. The Morgan fingerprint density at radius 1 is 0.938 bits per heavy atom. The van der Waals surface area contributed by atoms with E-state index in [1.807, 2.05) is 24.3 Å². The third-order valence-electron chi connectivity index (χ3n) is 5.31. The second-order valence-corrected chi connectivity index (χ2v) is 10.8. The molecule has 1 fully saturated rings. The van der Waals surface area contributed by atoms with Crippen LogP contribution in [-0.4, -0.2) is 51.5 Å². The summed E-state index contributed by atoms with van der Waals surface area (Å²) < 4.78 is 37.7. The van der Waals surface area contributed by atoms with Gasteiger partial charge in [0.15, 0.2) is 6.61 Å². The fourth-order valence-electron chi connectivity index (χ4n) is 3.40. The van der Waals surface area contributed by atoms with Crippen LogP contribution >= 0.6 is 0 Å². The normalized spacial score (nSPS) is 14.8. The van der Waals surface area contributed by atoms with Crippen LogP contribution in [0.1, 0.15) is 39.2 Å². The maximum atomic E-state index is 12.5. The van der Waals surface area contributed by atoms with Crippen LogP contribution < -0.4 is 14.8 Å². The Morgan fingerprint density at radius 3 is 2.09 bits per heavy atom. The van der Waals surface area contributed by atoms with Gasteiger partial charge in [0.2, 0.25) is 10.0 Å². The van der Waals surface area contributed by atoms with Crippen molar-refractivity contribution in [2.75, 3.05) is 32.8 Å². The van der Waals surface area contributed by atoms with Crippen molar-refractivity contribution in [3.05, 3.63) is 54.1 Å². The molecule has 0 atom stereocenters. The van der Waals surface area contributed by atoms with Crippen molar-refractivity contribution >= 4 is 15.9 Å². The zero-order valence-electron chi connectivity index (χ0n) is 19.0. The lowest BCUT2D eigenvalue weighted by Crippen LogP contribution is -2.32. The van der Waals surface area contributed by atoms with Crippen molar-refractivity contribution in [2.45, 2.75) is 43.9 Å². The van der Waals surface area contributed by atoms with E-state index in [2.05, 4.69) is 26.1 Å². The molecule has 1 heterocycles. The van der Waals surface area contributed by atoms with Gasteiger partial charge >= 0.3 is 0 Å². The third kappa shape index (κ3) is 6.46. The Hall–Kier alpha value is -2.58. The van der Waals surface area contributed by atoms with E-state index >= 15 is 0 Å². The van der Waals surface area contributed by atoms with Crippen LogP contribution in [0.4, 0.5) is 0 Å². The van der Waals surface area contributed by atoms with Crippen molar-refractivity contribution in [3.8, 4) is 11.5 Å². The fourth-order valence-corrected chi connectivity index (χ4v) is 4.91. The van der Waals surface area contributed by atoms with Crippen LogP contribution in [0, 0.1) is 0 Å². The molecule has 1 amide bonds. The smallest absolute Gasteiger partial charge is 0.258 e. The summed E-state index contributed by atoms with van der Waals surface area (Å²) in [5.41, 5.74) is 1.27. The second-order valence-electron chi connectivity index (χ2n) is 8.84. The summed E-state index contributed by atoms with van der Waals surface area (Å²) in [4.78, 5) is 12.2. The van der Waals surface area contributed by atoms with Gasteiger partial charge in [-0.2, -0.15) is 4.31 Å². The van der Waals surface area contributed by atoms with Gasteiger partial charge in [0.05, 0.1) is 11.4 Å². The second kappa shape index (κ2) is 10.4. The molecule has 1 aliphatic rings. The molecule has 174 valence electrons. The molecule has 0 unspecified atom stereocenters. The van der Waals surface area contributed by atoms with Gasteiger partial charge in [0.25, 0.3) is 5.91 Å². The Kier molecular flexibility index (Phi) is 7.79. The summed E-state index contributed by atoms with van der Waals surface area (Å²) in [7, 11) is -3.42. The maximum Gasteiger partial charge on any atom is 0.258 e. The number of rotatable bonds is 9. The molecule has 0 bridgehead atoms. The lowest BCUT2D eigenvalue weighted by molar-refractivity contribution is -0.123. The van der Waals surface area contributed by atoms with Crippen LogP contribution in [-0.2, 0) is 20.2 Å². The zero-order chi connectivity index (χ0) is 23.2. The largest absolute Gasteiger partial charge is 0.492 e. The molecule has 8 heteroatoms. The van der Waals surface area contributed by atoms with E-state index in [-0.39, 0.29) is 29.4 Å². The summed E-state index contributed by atoms with van der Waals surface area (Å²) in [6.45, 7) is 8.09. The van der Waals surface area contributed by atoms with Gasteiger partial charge < -0.3 is 14.8 Å². The molecule has 2 aromatic carbocycles. The van der Waals surface area contributed by atoms with Crippen LogP contribution in [0.15, 0.2) is 53.4 Å². The minimum absolute atomic E-state index is 0.0678. The van der Waals surface area contributed by atoms with Crippen molar-refractivity contribution in [2.24, 2.45) is 0 Å². The number of carbonyl (C=O) groups is 1. The molecule has 2 aromatic rings. The Labute approximate surface area is 190 Å². The molecule has 0 aromatic heterocycles. The first kappa shape index (κ1) is 24.1. The number of amides is 1. The Morgan fingerprint density at radius 2 is 1.50 bits per heavy atom. The molecule has 0 saturated carbocycles. The number of nitrogens with zero attached hydrogens (tertiary/aromatic N) is 1. The average molecular weight is 461 g/mol. The third-order valence-corrected chi connectivity index (χ3v) is 7.22.